The van der Waals surface area contributed by atoms with Gasteiger partial charge in [0, 0.05) is 0 Å². The smallest absolute Gasteiger partial charge is 0.0543 e. The second-order valence-corrected chi connectivity index (χ2v) is 4.80. The van der Waals surface area contributed by atoms with Crippen LogP contribution in [-0.4, -0.2) is 11.2 Å². The van der Waals surface area contributed by atoms with E-state index < -0.39 is 0 Å². The topological polar surface area (TPSA) is 20.2 Å². The van der Waals surface area contributed by atoms with Crippen molar-refractivity contribution in [2.24, 2.45) is 17.8 Å². The number of hydrogen-bond donors (Lipinski definition) is 1. The van der Waals surface area contributed by atoms with Crippen molar-refractivity contribution in [3.05, 3.63) is 0 Å². The minimum atomic E-state index is 0.0246. The summed E-state index contributed by atoms with van der Waals surface area (Å²) in [6.07, 6.45) is 7.67. The van der Waals surface area contributed by atoms with Crippen LogP contribution in [0.15, 0.2) is 0 Å². The van der Waals surface area contributed by atoms with Crippen LogP contribution in [0.3, 0.4) is 0 Å². The van der Waals surface area contributed by atoms with Crippen molar-refractivity contribution in [1.29, 1.82) is 0 Å². The predicted octanol–water partition coefficient (Wildman–Crippen LogP) is 2.58. The number of hydrogen-bond acceptors (Lipinski definition) is 1. The van der Waals surface area contributed by atoms with Crippen LogP contribution >= 0.6 is 0 Å². The van der Waals surface area contributed by atoms with Gasteiger partial charge in [-0.05, 0) is 37.0 Å². The Balaban J connectivity index is 1.99. The molecule has 70 valence electrons. The van der Waals surface area contributed by atoms with Crippen molar-refractivity contribution in [2.45, 2.75) is 51.6 Å². The van der Waals surface area contributed by atoms with Gasteiger partial charge in [0.25, 0.3) is 0 Å². The lowest BCUT2D eigenvalue weighted by Crippen LogP contribution is -2.34. The summed E-state index contributed by atoms with van der Waals surface area (Å²) in [5.41, 5.74) is 0. The Kier molecular flexibility index (Phi) is 2.40. The first-order valence-electron chi connectivity index (χ1n) is 5.45. The van der Waals surface area contributed by atoms with E-state index in [2.05, 4.69) is 6.92 Å². The van der Waals surface area contributed by atoms with Gasteiger partial charge in [0.2, 0.25) is 0 Å². The Labute approximate surface area is 75.2 Å². The van der Waals surface area contributed by atoms with E-state index in [0.29, 0.717) is 0 Å². The third-order valence-electron chi connectivity index (χ3n) is 3.98. The van der Waals surface area contributed by atoms with Crippen molar-refractivity contribution >= 4 is 0 Å². The van der Waals surface area contributed by atoms with Gasteiger partial charge < -0.3 is 5.11 Å². The summed E-state index contributed by atoms with van der Waals surface area (Å²) in [6.45, 7) is 2.40. The molecule has 12 heavy (non-hydrogen) atoms. The van der Waals surface area contributed by atoms with E-state index in [1.54, 1.807) is 0 Å². The van der Waals surface area contributed by atoms with Crippen molar-refractivity contribution in [1.82, 2.24) is 0 Å². The molecule has 0 amide bonds. The van der Waals surface area contributed by atoms with Gasteiger partial charge in [-0.3, -0.25) is 0 Å². The van der Waals surface area contributed by atoms with Gasteiger partial charge >= 0.3 is 0 Å². The van der Waals surface area contributed by atoms with Crippen molar-refractivity contribution in [3.63, 3.8) is 0 Å². The second kappa shape index (κ2) is 3.37. The molecule has 0 aromatic rings. The van der Waals surface area contributed by atoms with Gasteiger partial charge in [-0.2, -0.15) is 0 Å². The summed E-state index contributed by atoms with van der Waals surface area (Å²) in [5.74, 6) is 2.73. The van der Waals surface area contributed by atoms with Crippen molar-refractivity contribution in [2.75, 3.05) is 0 Å². The molecule has 1 N–H and O–H groups in total. The fraction of sp³-hybridized carbons (Fsp3) is 1.00. The monoisotopic (exact) mass is 168 g/mol. The zero-order valence-corrected chi connectivity index (χ0v) is 8.00. The average molecular weight is 168 g/mol. The maximum absolute atomic E-state index is 9.53. The Morgan fingerprint density at radius 1 is 1.08 bits per heavy atom. The molecule has 0 aromatic carbocycles. The number of aliphatic hydroxyl groups is 1. The average Bonchev–Trinajstić information content (AvgIpc) is 2.04. The molecule has 1 heteroatoms. The van der Waals surface area contributed by atoms with Crippen LogP contribution in [0.25, 0.3) is 0 Å². The minimum Gasteiger partial charge on any atom is -0.393 e. The first kappa shape index (κ1) is 8.55. The molecular weight excluding hydrogens is 148 g/mol. The van der Waals surface area contributed by atoms with Crippen molar-refractivity contribution < 1.29 is 5.11 Å². The normalized spacial score (nSPS) is 48.5. The fourth-order valence-corrected chi connectivity index (χ4v) is 3.26. The zero-order valence-electron chi connectivity index (χ0n) is 8.00. The van der Waals surface area contributed by atoms with E-state index >= 15 is 0 Å². The van der Waals surface area contributed by atoms with E-state index in [1.807, 2.05) is 0 Å². The van der Waals surface area contributed by atoms with E-state index in [4.69, 9.17) is 0 Å². The molecule has 4 unspecified atom stereocenters. The summed E-state index contributed by atoms with van der Waals surface area (Å²) in [6, 6.07) is 0. The van der Waals surface area contributed by atoms with Crippen LogP contribution < -0.4 is 0 Å². The van der Waals surface area contributed by atoms with E-state index in [1.165, 1.54) is 25.7 Å². The third kappa shape index (κ3) is 1.52. The van der Waals surface area contributed by atoms with Crippen LogP contribution in [-0.2, 0) is 0 Å². The Morgan fingerprint density at radius 2 is 1.92 bits per heavy atom. The van der Waals surface area contributed by atoms with E-state index in [0.717, 1.165) is 30.6 Å². The first-order valence-corrected chi connectivity index (χ1v) is 5.45. The summed E-state index contributed by atoms with van der Waals surface area (Å²) in [5, 5.41) is 9.53. The minimum absolute atomic E-state index is 0.0246. The lowest BCUT2D eigenvalue weighted by atomic mass is 9.65. The molecule has 2 aliphatic rings. The molecule has 0 heterocycles. The van der Waals surface area contributed by atoms with Gasteiger partial charge in [0.05, 0.1) is 6.10 Å². The maximum Gasteiger partial charge on any atom is 0.0543 e. The molecular formula is C11H20O. The zero-order chi connectivity index (χ0) is 8.55. The predicted molar refractivity (Wildman–Crippen MR) is 49.9 cm³/mol. The Morgan fingerprint density at radius 3 is 2.75 bits per heavy atom. The Bertz CT molecular complexity index is 155. The van der Waals surface area contributed by atoms with E-state index in [-0.39, 0.29) is 6.10 Å². The molecule has 4 atom stereocenters. The summed E-state index contributed by atoms with van der Waals surface area (Å²) < 4.78 is 0. The SMILES string of the molecule is CC1CCCC2CC(O)CCC12. The first-order chi connectivity index (χ1) is 5.77. The maximum atomic E-state index is 9.53. The fourth-order valence-electron chi connectivity index (χ4n) is 3.26. The highest BCUT2D eigenvalue weighted by Gasteiger charge is 2.35. The standard InChI is InChI=1S/C11H20O/c1-8-3-2-4-9-7-10(12)5-6-11(8)9/h8-12H,2-7H2,1H3. The van der Waals surface area contributed by atoms with Gasteiger partial charge in [-0.25, -0.2) is 0 Å². The molecule has 0 saturated heterocycles. The summed E-state index contributed by atoms with van der Waals surface area (Å²) >= 11 is 0. The molecule has 2 rings (SSSR count). The van der Waals surface area contributed by atoms with Gasteiger partial charge in [0.1, 0.15) is 0 Å². The second-order valence-electron chi connectivity index (χ2n) is 4.80. The highest BCUT2D eigenvalue weighted by molar-refractivity contribution is 4.85. The quantitative estimate of drug-likeness (QED) is 0.589. The Hall–Kier alpha value is -0.0400. The molecule has 0 aromatic heterocycles. The van der Waals surface area contributed by atoms with Crippen molar-refractivity contribution in [3.8, 4) is 0 Å². The molecule has 0 radical (unpaired) electrons. The van der Waals surface area contributed by atoms with Crippen LogP contribution in [0, 0.1) is 17.8 Å². The number of rotatable bonds is 0. The molecule has 2 fully saturated rings. The lowest BCUT2D eigenvalue weighted by molar-refractivity contribution is 0.0262. The highest BCUT2D eigenvalue weighted by Crippen LogP contribution is 2.43. The molecule has 1 nitrogen and oxygen atoms in total. The molecule has 2 aliphatic carbocycles. The molecule has 0 spiro atoms. The molecule has 0 bridgehead atoms. The van der Waals surface area contributed by atoms with Gasteiger partial charge in [-0.1, -0.05) is 26.2 Å². The number of fused-ring (bicyclic) bond motifs is 1. The molecule has 0 aliphatic heterocycles. The van der Waals surface area contributed by atoms with E-state index in [9.17, 15) is 5.11 Å². The highest BCUT2D eigenvalue weighted by atomic mass is 16.3. The largest absolute Gasteiger partial charge is 0.393 e. The lowest BCUT2D eigenvalue weighted by Gasteiger charge is -2.41. The van der Waals surface area contributed by atoms with Crippen LogP contribution in [0.2, 0.25) is 0 Å². The van der Waals surface area contributed by atoms with Crippen LogP contribution in [0.4, 0.5) is 0 Å². The van der Waals surface area contributed by atoms with Gasteiger partial charge in [-0.15, -0.1) is 0 Å². The van der Waals surface area contributed by atoms with Gasteiger partial charge in [0.15, 0.2) is 0 Å². The summed E-state index contributed by atoms with van der Waals surface area (Å²) in [7, 11) is 0. The molecule has 2 saturated carbocycles. The van der Waals surface area contributed by atoms with Crippen LogP contribution in [0.5, 0.6) is 0 Å². The third-order valence-corrected chi connectivity index (χ3v) is 3.98. The summed E-state index contributed by atoms with van der Waals surface area (Å²) in [4.78, 5) is 0. The number of aliphatic hydroxyl groups excluding tert-OH is 1. The van der Waals surface area contributed by atoms with Crippen LogP contribution in [0.1, 0.15) is 45.4 Å².